The number of hydrogen-bond acceptors (Lipinski definition) is 5. The molecular weight excluding hydrogens is 298 g/mol. The maximum Gasteiger partial charge on any atom is 0.230 e. The molecule has 1 atom stereocenters. The summed E-state index contributed by atoms with van der Waals surface area (Å²) in [6.45, 7) is 8.07. The van der Waals surface area contributed by atoms with Crippen LogP contribution in [-0.2, 0) is 4.79 Å². The second kappa shape index (κ2) is 7.40. The minimum atomic E-state index is -0.00425. The van der Waals surface area contributed by atoms with Gasteiger partial charge < -0.3 is 5.32 Å². The normalized spacial score (nSPS) is 12.2. The Bertz CT molecular complexity index is 635. The molecule has 0 spiro atoms. The lowest BCUT2D eigenvalue weighted by molar-refractivity contribution is -0.119. The van der Waals surface area contributed by atoms with Crippen molar-refractivity contribution in [2.75, 3.05) is 5.75 Å². The fourth-order valence-corrected chi connectivity index (χ4v) is 2.79. The summed E-state index contributed by atoms with van der Waals surface area (Å²) in [4.78, 5) is 11.9. The van der Waals surface area contributed by atoms with E-state index < -0.39 is 0 Å². The molecule has 0 aliphatic heterocycles. The highest BCUT2D eigenvalue weighted by Crippen LogP contribution is 2.23. The minimum Gasteiger partial charge on any atom is -0.353 e. The number of nitrogens with zero attached hydrogens (tertiary/aromatic N) is 4. The molecule has 0 aliphatic carbocycles. The van der Waals surface area contributed by atoms with Gasteiger partial charge in [0.15, 0.2) is 0 Å². The maximum atomic E-state index is 11.9. The molecule has 1 aromatic heterocycles. The highest BCUT2D eigenvalue weighted by Gasteiger charge is 2.15. The van der Waals surface area contributed by atoms with Crippen LogP contribution < -0.4 is 5.32 Å². The number of aryl methyl sites for hydroxylation is 2. The molecule has 0 bridgehead atoms. The van der Waals surface area contributed by atoms with Crippen molar-refractivity contribution in [3.05, 3.63) is 29.3 Å². The van der Waals surface area contributed by atoms with Gasteiger partial charge in [-0.1, -0.05) is 36.9 Å². The zero-order chi connectivity index (χ0) is 16.1. The summed E-state index contributed by atoms with van der Waals surface area (Å²) in [6.07, 6.45) is 0.913. The van der Waals surface area contributed by atoms with E-state index in [-0.39, 0.29) is 11.9 Å². The van der Waals surface area contributed by atoms with Crippen LogP contribution in [0.15, 0.2) is 23.4 Å². The van der Waals surface area contributed by atoms with Crippen LogP contribution in [0.5, 0.6) is 0 Å². The summed E-state index contributed by atoms with van der Waals surface area (Å²) in [5.41, 5.74) is 3.16. The number of carbonyl (C=O) groups excluding carboxylic acids is 1. The fourth-order valence-electron chi connectivity index (χ4n) is 2.10. The Morgan fingerprint density at radius 2 is 2.05 bits per heavy atom. The van der Waals surface area contributed by atoms with Gasteiger partial charge in [0.2, 0.25) is 11.1 Å². The van der Waals surface area contributed by atoms with E-state index in [9.17, 15) is 4.79 Å². The molecule has 1 N–H and O–H groups in total. The smallest absolute Gasteiger partial charge is 0.230 e. The molecule has 1 amide bonds. The van der Waals surface area contributed by atoms with Gasteiger partial charge >= 0.3 is 0 Å². The number of amides is 1. The van der Waals surface area contributed by atoms with Gasteiger partial charge in [0.05, 0.1) is 11.4 Å². The molecule has 1 aromatic carbocycles. The Labute approximate surface area is 134 Å². The first-order valence-electron chi connectivity index (χ1n) is 7.30. The number of para-hydroxylation sites is 1. The molecule has 0 fully saturated rings. The van der Waals surface area contributed by atoms with Crippen molar-refractivity contribution in [3.63, 3.8) is 0 Å². The van der Waals surface area contributed by atoms with E-state index in [0.29, 0.717) is 10.9 Å². The van der Waals surface area contributed by atoms with Crippen LogP contribution in [0.4, 0.5) is 0 Å². The average Bonchev–Trinajstić information content (AvgIpc) is 2.93. The highest BCUT2D eigenvalue weighted by atomic mass is 32.2. The van der Waals surface area contributed by atoms with Crippen molar-refractivity contribution in [1.82, 2.24) is 25.5 Å². The van der Waals surface area contributed by atoms with Crippen molar-refractivity contribution in [2.24, 2.45) is 0 Å². The molecular formula is C15H21N5OS. The van der Waals surface area contributed by atoms with Crippen molar-refractivity contribution >= 4 is 17.7 Å². The van der Waals surface area contributed by atoms with E-state index in [0.717, 1.165) is 23.2 Å². The van der Waals surface area contributed by atoms with Crippen molar-refractivity contribution in [1.29, 1.82) is 0 Å². The Kier molecular flexibility index (Phi) is 5.54. The number of nitrogens with one attached hydrogen (secondary N) is 1. The lowest BCUT2D eigenvalue weighted by Crippen LogP contribution is -2.33. The van der Waals surface area contributed by atoms with Gasteiger partial charge in [-0.05, 0) is 48.7 Å². The van der Waals surface area contributed by atoms with Gasteiger partial charge in [0.1, 0.15) is 0 Å². The maximum absolute atomic E-state index is 11.9. The Morgan fingerprint density at radius 3 is 2.68 bits per heavy atom. The van der Waals surface area contributed by atoms with Crippen LogP contribution in [0.3, 0.4) is 0 Å². The third kappa shape index (κ3) is 3.85. The number of benzene rings is 1. The van der Waals surface area contributed by atoms with Crippen LogP contribution in [0.25, 0.3) is 5.69 Å². The number of thioether (sulfide) groups is 1. The highest BCUT2D eigenvalue weighted by molar-refractivity contribution is 7.99. The molecule has 118 valence electrons. The Hall–Kier alpha value is -1.89. The summed E-state index contributed by atoms with van der Waals surface area (Å²) >= 11 is 1.34. The van der Waals surface area contributed by atoms with Crippen LogP contribution in [0.2, 0.25) is 0 Å². The van der Waals surface area contributed by atoms with Gasteiger partial charge in [0.25, 0.3) is 0 Å². The van der Waals surface area contributed by atoms with E-state index in [1.54, 1.807) is 4.68 Å². The lowest BCUT2D eigenvalue weighted by atomic mass is 10.1. The van der Waals surface area contributed by atoms with Gasteiger partial charge in [-0.2, -0.15) is 4.68 Å². The topological polar surface area (TPSA) is 72.7 Å². The first kappa shape index (κ1) is 16.5. The summed E-state index contributed by atoms with van der Waals surface area (Å²) in [6, 6.07) is 6.23. The van der Waals surface area contributed by atoms with E-state index in [1.165, 1.54) is 11.8 Å². The van der Waals surface area contributed by atoms with E-state index >= 15 is 0 Å². The molecule has 2 rings (SSSR count). The van der Waals surface area contributed by atoms with Crippen LogP contribution in [-0.4, -0.2) is 37.9 Å². The Balaban J connectivity index is 2.12. The standard InChI is InChI=1S/C15H21N5OS/c1-5-12(4)16-13(21)9-22-15-17-18-19-20(15)14-10(2)7-6-8-11(14)3/h6-8,12H,5,9H2,1-4H3,(H,16,21)/t12-/m0/s1. The molecule has 2 aromatic rings. The molecule has 0 saturated heterocycles. The summed E-state index contributed by atoms with van der Waals surface area (Å²) in [5.74, 6) is 0.297. The zero-order valence-corrected chi connectivity index (χ0v) is 14.1. The third-order valence-electron chi connectivity index (χ3n) is 3.44. The van der Waals surface area contributed by atoms with E-state index in [1.807, 2.05) is 45.9 Å². The van der Waals surface area contributed by atoms with Gasteiger partial charge in [-0.15, -0.1) is 5.10 Å². The number of rotatable bonds is 6. The van der Waals surface area contributed by atoms with E-state index in [2.05, 4.69) is 20.8 Å². The summed E-state index contributed by atoms with van der Waals surface area (Å²) in [7, 11) is 0. The SMILES string of the molecule is CC[C@H](C)NC(=O)CSc1nnnn1-c1c(C)cccc1C. The Morgan fingerprint density at radius 1 is 1.36 bits per heavy atom. The number of hydrogen-bond donors (Lipinski definition) is 1. The fraction of sp³-hybridized carbons (Fsp3) is 0.467. The van der Waals surface area contributed by atoms with Crippen LogP contribution in [0.1, 0.15) is 31.4 Å². The quantitative estimate of drug-likeness (QED) is 0.827. The number of tetrazole rings is 1. The van der Waals surface area contributed by atoms with Gasteiger partial charge in [-0.25, -0.2) is 0 Å². The monoisotopic (exact) mass is 319 g/mol. The average molecular weight is 319 g/mol. The number of carbonyl (C=O) groups is 1. The third-order valence-corrected chi connectivity index (χ3v) is 4.36. The predicted octanol–water partition coefficient (Wildman–Crippen LogP) is 2.29. The first-order chi connectivity index (χ1) is 10.5. The molecule has 6 nitrogen and oxygen atoms in total. The molecule has 1 heterocycles. The first-order valence-corrected chi connectivity index (χ1v) is 8.28. The van der Waals surface area contributed by atoms with Gasteiger partial charge in [0, 0.05) is 6.04 Å². The molecule has 22 heavy (non-hydrogen) atoms. The molecule has 0 radical (unpaired) electrons. The summed E-state index contributed by atoms with van der Waals surface area (Å²) < 4.78 is 1.70. The second-order valence-electron chi connectivity index (χ2n) is 5.28. The minimum absolute atomic E-state index is 0.00425. The molecule has 0 unspecified atom stereocenters. The molecule has 7 heteroatoms. The van der Waals surface area contributed by atoms with Crippen molar-refractivity contribution < 1.29 is 4.79 Å². The van der Waals surface area contributed by atoms with Crippen LogP contribution in [0, 0.1) is 13.8 Å². The van der Waals surface area contributed by atoms with Crippen molar-refractivity contribution in [3.8, 4) is 5.69 Å². The van der Waals surface area contributed by atoms with E-state index in [4.69, 9.17) is 0 Å². The number of aromatic nitrogens is 4. The largest absolute Gasteiger partial charge is 0.353 e. The zero-order valence-electron chi connectivity index (χ0n) is 13.3. The van der Waals surface area contributed by atoms with Gasteiger partial charge in [-0.3, -0.25) is 4.79 Å². The molecule has 0 saturated carbocycles. The van der Waals surface area contributed by atoms with Crippen molar-refractivity contribution in [2.45, 2.75) is 45.3 Å². The predicted molar refractivity (Wildman–Crippen MR) is 87.2 cm³/mol. The molecule has 0 aliphatic rings. The second-order valence-corrected chi connectivity index (χ2v) is 6.22. The lowest BCUT2D eigenvalue weighted by Gasteiger charge is -2.12. The van der Waals surface area contributed by atoms with Crippen LogP contribution >= 0.6 is 11.8 Å². The summed E-state index contributed by atoms with van der Waals surface area (Å²) in [5, 5.41) is 15.4.